The van der Waals surface area contributed by atoms with Crippen molar-refractivity contribution >= 4 is 12.0 Å². The van der Waals surface area contributed by atoms with Crippen LogP contribution in [0.3, 0.4) is 0 Å². The van der Waals surface area contributed by atoms with Crippen LogP contribution in [0, 0.1) is 0 Å². The van der Waals surface area contributed by atoms with Crippen LogP contribution in [0.2, 0.25) is 0 Å². The van der Waals surface area contributed by atoms with Crippen molar-refractivity contribution in [2.45, 2.75) is 6.92 Å². The summed E-state index contributed by atoms with van der Waals surface area (Å²) in [5.74, 6) is 0.996. The smallest absolute Gasteiger partial charge is 0.128 e. The topological polar surface area (TPSA) is 52.0 Å². The minimum Gasteiger partial charge on any atom is -0.411 e. The van der Waals surface area contributed by atoms with Gasteiger partial charge in [0, 0.05) is 37.9 Å². The van der Waals surface area contributed by atoms with Crippen LogP contribution >= 0.6 is 0 Å². The van der Waals surface area contributed by atoms with Crippen molar-refractivity contribution in [3.05, 3.63) is 23.9 Å². The Kier molecular flexibility index (Phi) is 3.93. The van der Waals surface area contributed by atoms with Crippen LogP contribution in [0.1, 0.15) is 12.5 Å². The summed E-state index contributed by atoms with van der Waals surface area (Å²) in [7, 11) is 0. The van der Waals surface area contributed by atoms with Gasteiger partial charge in [-0.1, -0.05) is 12.1 Å². The molecule has 1 aliphatic rings. The molecule has 1 fully saturated rings. The number of hydrogen-bond donors (Lipinski definition) is 1. The van der Waals surface area contributed by atoms with Gasteiger partial charge < -0.3 is 15.0 Å². The highest BCUT2D eigenvalue weighted by atomic mass is 16.4. The molecule has 92 valence electrons. The predicted octanol–water partition coefficient (Wildman–Crippen LogP) is 1.03. The van der Waals surface area contributed by atoms with Gasteiger partial charge >= 0.3 is 0 Å². The monoisotopic (exact) mass is 234 g/mol. The average molecular weight is 234 g/mol. The molecule has 0 bridgehead atoms. The van der Waals surface area contributed by atoms with E-state index in [1.165, 1.54) is 6.21 Å². The highest BCUT2D eigenvalue weighted by Gasteiger charge is 2.16. The molecule has 0 aromatic carbocycles. The van der Waals surface area contributed by atoms with Crippen LogP contribution in [0.4, 0.5) is 5.82 Å². The second-order valence-electron chi connectivity index (χ2n) is 4.12. The Hall–Kier alpha value is -1.62. The molecule has 1 aliphatic heterocycles. The third kappa shape index (κ3) is 2.94. The number of oxime groups is 1. The van der Waals surface area contributed by atoms with E-state index in [1.807, 2.05) is 12.1 Å². The summed E-state index contributed by atoms with van der Waals surface area (Å²) < 4.78 is 0. The van der Waals surface area contributed by atoms with E-state index in [2.05, 4.69) is 26.9 Å². The molecule has 5 heteroatoms. The number of anilines is 1. The third-order valence-corrected chi connectivity index (χ3v) is 3.12. The van der Waals surface area contributed by atoms with Crippen LogP contribution in [0.15, 0.2) is 23.5 Å². The highest BCUT2D eigenvalue weighted by Crippen LogP contribution is 2.13. The molecule has 2 heterocycles. The summed E-state index contributed by atoms with van der Waals surface area (Å²) in [6.07, 6.45) is 3.10. The van der Waals surface area contributed by atoms with E-state index >= 15 is 0 Å². The first-order valence-electron chi connectivity index (χ1n) is 5.94. The zero-order chi connectivity index (χ0) is 12.1. The maximum absolute atomic E-state index is 8.42. The molecule has 0 atom stereocenters. The van der Waals surface area contributed by atoms with Gasteiger partial charge in [0.25, 0.3) is 0 Å². The van der Waals surface area contributed by atoms with Crippen LogP contribution in [-0.2, 0) is 0 Å². The van der Waals surface area contributed by atoms with Gasteiger partial charge in [-0.25, -0.2) is 4.98 Å². The minimum atomic E-state index is 0.809. The lowest BCUT2D eigenvalue weighted by molar-refractivity contribution is 0.270. The second kappa shape index (κ2) is 5.63. The van der Waals surface area contributed by atoms with Gasteiger partial charge in [-0.05, 0) is 18.7 Å². The van der Waals surface area contributed by atoms with Gasteiger partial charge in [0.05, 0.1) is 6.21 Å². The first-order valence-corrected chi connectivity index (χ1v) is 5.94. The Bertz CT molecular complexity index is 369. The van der Waals surface area contributed by atoms with Gasteiger partial charge in [0.1, 0.15) is 5.82 Å². The van der Waals surface area contributed by atoms with E-state index in [0.717, 1.165) is 44.1 Å². The van der Waals surface area contributed by atoms with E-state index < -0.39 is 0 Å². The molecule has 0 amide bonds. The fourth-order valence-electron chi connectivity index (χ4n) is 2.02. The molecule has 0 saturated carbocycles. The van der Waals surface area contributed by atoms with Gasteiger partial charge in [-0.15, -0.1) is 0 Å². The molecule has 1 aromatic heterocycles. The fourth-order valence-corrected chi connectivity index (χ4v) is 2.02. The number of pyridine rings is 1. The van der Waals surface area contributed by atoms with E-state index in [4.69, 9.17) is 5.21 Å². The molecule has 0 radical (unpaired) electrons. The number of aromatic nitrogens is 1. The van der Waals surface area contributed by atoms with Crippen molar-refractivity contribution in [3.8, 4) is 0 Å². The molecule has 0 spiro atoms. The molecule has 1 aromatic rings. The molecule has 0 unspecified atom stereocenters. The van der Waals surface area contributed by atoms with E-state index in [1.54, 1.807) is 6.20 Å². The van der Waals surface area contributed by atoms with Gasteiger partial charge in [-0.3, -0.25) is 0 Å². The first-order chi connectivity index (χ1) is 8.33. The second-order valence-corrected chi connectivity index (χ2v) is 4.12. The molecular formula is C12H18N4O. The summed E-state index contributed by atoms with van der Waals surface area (Å²) in [5, 5.41) is 11.4. The Morgan fingerprint density at radius 1 is 1.35 bits per heavy atom. The lowest BCUT2D eigenvalue weighted by Gasteiger charge is -2.34. The summed E-state index contributed by atoms with van der Waals surface area (Å²) in [6.45, 7) is 7.54. The Morgan fingerprint density at radius 2 is 2.12 bits per heavy atom. The fraction of sp³-hybridized carbons (Fsp3) is 0.500. The maximum Gasteiger partial charge on any atom is 0.128 e. The van der Waals surface area contributed by atoms with Gasteiger partial charge in [-0.2, -0.15) is 0 Å². The highest BCUT2D eigenvalue weighted by molar-refractivity contribution is 5.78. The Labute approximate surface area is 101 Å². The Morgan fingerprint density at radius 3 is 2.65 bits per heavy atom. The SMILES string of the molecule is CCN1CCN(c2ccc(C=NO)cn2)CC1. The van der Waals surface area contributed by atoms with Crippen molar-refractivity contribution in [1.29, 1.82) is 0 Å². The largest absolute Gasteiger partial charge is 0.411 e. The van der Waals surface area contributed by atoms with E-state index in [9.17, 15) is 0 Å². The molecular weight excluding hydrogens is 216 g/mol. The Balaban J connectivity index is 1.98. The van der Waals surface area contributed by atoms with Crippen molar-refractivity contribution in [1.82, 2.24) is 9.88 Å². The summed E-state index contributed by atoms with van der Waals surface area (Å²) in [6, 6.07) is 3.88. The molecule has 5 nitrogen and oxygen atoms in total. The normalized spacial score (nSPS) is 17.8. The van der Waals surface area contributed by atoms with Crippen molar-refractivity contribution in [2.24, 2.45) is 5.16 Å². The lowest BCUT2D eigenvalue weighted by atomic mass is 10.2. The van der Waals surface area contributed by atoms with Gasteiger partial charge in [0.2, 0.25) is 0 Å². The summed E-state index contributed by atoms with van der Waals surface area (Å²) in [4.78, 5) is 9.09. The van der Waals surface area contributed by atoms with E-state index in [-0.39, 0.29) is 0 Å². The van der Waals surface area contributed by atoms with Crippen molar-refractivity contribution in [3.63, 3.8) is 0 Å². The van der Waals surface area contributed by atoms with E-state index in [0.29, 0.717) is 0 Å². The number of likely N-dealkylation sites (N-methyl/N-ethyl adjacent to an activating group) is 1. The molecule has 2 rings (SSSR count). The zero-order valence-corrected chi connectivity index (χ0v) is 10.1. The van der Waals surface area contributed by atoms with Crippen LogP contribution < -0.4 is 4.90 Å². The third-order valence-electron chi connectivity index (χ3n) is 3.12. The number of rotatable bonds is 3. The molecule has 0 aliphatic carbocycles. The lowest BCUT2D eigenvalue weighted by Crippen LogP contribution is -2.46. The number of nitrogens with zero attached hydrogens (tertiary/aromatic N) is 4. The van der Waals surface area contributed by atoms with Crippen molar-refractivity contribution < 1.29 is 5.21 Å². The van der Waals surface area contributed by atoms with Gasteiger partial charge in [0.15, 0.2) is 0 Å². The number of hydrogen-bond acceptors (Lipinski definition) is 5. The zero-order valence-electron chi connectivity index (χ0n) is 10.1. The standard InChI is InChI=1S/C12H18N4O/c1-2-15-5-7-16(8-6-15)12-4-3-11(9-13-12)10-14-17/h3-4,9-10,17H,2,5-8H2,1H3. The van der Waals surface area contributed by atoms with Crippen LogP contribution in [0.5, 0.6) is 0 Å². The molecule has 1 N–H and O–H groups in total. The first kappa shape index (κ1) is 11.9. The number of piperazine rings is 1. The minimum absolute atomic E-state index is 0.809. The summed E-state index contributed by atoms with van der Waals surface area (Å²) in [5.41, 5.74) is 0.809. The molecule has 1 saturated heterocycles. The van der Waals surface area contributed by atoms with Crippen molar-refractivity contribution in [2.75, 3.05) is 37.6 Å². The average Bonchev–Trinajstić information content (AvgIpc) is 2.40. The van der Waals surface area contributed by atoms with Crippen LogP contribution in [-0.4, -0.2) is 54.0 Å². The summed E-state index contributed by atoms with van der Waals surface area (Å²) >= 11 is 0. The quantitative estimate of drug-likeness (QED) is 0.482. The predicted molar refractivity (Wildman–Crippen MR) is 67.9 cm³/mol. The maximum atomic E-state index is 8.42. The molecule has 17 heavy (non-hydrogen) atoms. The van der Waals surface area contributed by atoms with Crippen LogP contribution in [0.25, 0.3) is 0 Å².